The SMILES string of the molecule is C=CCSc1ccccc1NCc1csc(C(C)(C)C)n1. The summed E-state index contributed by atoms with van der Waals surface area (Å²) in [5.74, 6) is 0.920. The second-order valence-electron chi connectivity index (χ2n) is 5.84. The molecule has 0 atom stereocenters. The standard InChI is InChI=1S/C17H22N2S2/c1-5-10-20-15-9-7-6-8-14(15)18-11-13-12-21-16(19-13)17(2,3)4/h5-9,12,18H,1,10-11H2,2-4H3. The average Bonchev–Trinajstić information content (AvgIpc) is 2.92. The van der Waals surface area contributed by atoms with Gasteiger partial charge in [-0.1, -0.05) is 39.0 Å². The Kier molecular flexibility index (Phi) is 5.48. The van der Waals surface area contributed by atoms with E-state index in [0.717, 1.165) is 23.7 Å². The molecule has 0 bridgehead atoms. The zero-order chi connectivity index (χ0) is 15.3. The Labute approximate surface area is 135 Å². The molecule has 4 heteroatoms. The predicted octanol–water partition coefficient (Wildman–Crippen LogP) is 5.33. The van der Waals surface area contributed by atoms with Crippen LogP contribution in [0.25, 0.3) is 0 Å². The van der Waals surface area contributed by atoms with Crippen molar-refractivity contribution in [2.24, 2.45) is 0 Å². The Morgan fingerprint density at radius 2 is 2.10 bits per heavy atom. The Morgan fingerprint density at radius 1 is 1.33 bits per heavy atom. The molecule has 2 rings (SSSR count). The quantitative estimate of drug-likeness (QED) is 0.575. The van der Waals surface area contributed by atoms with Crippen molar-refractivity contribution >= 4 is 28.8 Å². The molecule has 0 fully saturated rings. The highest BCUT2D eigenvalue weighted by Crippen LogP contribution is 2.28. The minimum absolute atomic E-state index is 0.126. The van der Waals surface area contributed by atoms with Crippen LogP contribution in [0.3, 0.4) is 0 Å². The van der Waals surface area contributed by atoms with Crippen LogP contribution in [0.2, 0.25) is 0 Å². The van der Waals surface area contributed by atoms with E-state index in [1.165, 1.54) is 9.90 Å². The number of thioether (sulfide) groups is 1. The van der Waals surface area contributed by atoms with Crippen LogP contribution in [-0.2, 0) is 12.0 Å². The largest absolute Gasteiger partial charge is 0.378 e. The molecule has 0 saturated heterocycles. The van der Waals surface area contributed by atoms with Gasteiger partial charge in [-0.3, -0.25) is 0 Å². The highest BCUT2D eigenvalue weighted by atomic mass is 32.2. The first kappa shape index (κ1) is 16.1. The molecule has 21 heavy (non-hydrogen) atoms. The van der Waals surface area contributed by atoms with Crippen LogP contribution in [0.4, 0.5) is 5.69 Å². The number of hydrogen-bond acceptors (Lipinski definition) is 4. The van der Waals surface area contributed by atoms with Crippen molar-refractivity contribution in [1.29, 1.82) is 0 Å². The zero-order valence-electron chi connectivity index (χ0n) is 12.8. The average molecular weight is 319 g/mol. The summed E-state index contributed by atoms with van der Waals surface area (Å²) in [6.07, 6.45) is 1.93. The molecule has 0 spiro atoms. The van der Waals surface area contributed by atoms with Crippen molar-refractivity contribution in [3.8, 4) is 0 Å². The maximum absolute atomic E-state index is 4.72. The summed E-state index contributed by atoms with van der Waals surface area (Å²) in [6, 6.07) is 8.37. The van der Waals surface area contributed by atoms with Crippen LogP contribution >= 0.6 is 23.1 Å². The lowest BCUT2D eigenvalue weighted by molar-refractivity contribution is 0.583. The number of nitrogens with zero attached hydrogens (tertiary/aromatic N) is 1. The molecular formula is C17H22N2S2. The van der Waals surface area contributed by atoms with E-state index >= 15 is 0 Å². The Balaban J connectivity index is 2.03. The molecule has 0 unspecified atom stereocenters. The van der Waals surface area contributed by atoms with E-state index in [-0.39, 0.29) is 5.41 Å². The molecular weight excluding hydrogens is 296 g/mol. The lowest BCUT2D eigenvalue weighted by Gasteiger charge is -2.13. The van der Waals surface area contributed by atoms with E-state index in [1.54, 1.807) is 23.1 Å². The van der Waals surface area contributed by atoms with E-state index in [9.17, 15) is 0 Å². The Hall–Kier alpha value is -1.26. The van der Waals surface area contributed by atoms with Gasteiger partial charge in [0.1, 0.15) is 0 Å². The molecule has 0 aliphatic rings. The predicted molar refractivity (Wildman–Crippen MR) is 95.5 cm³/mol. The molecule has 1 heterocycles. The number of benzene rings is 1. The number of anilines is 1. The molecule has 1 aromatic carbocycles. The third-order valence-corrected chi connectivity index (χ3v) is 5.28. The van der Waals surface area contributed by atoms with Gasteiger partial charge in [-0.05, 0) is 12.1 Å². The van der Waals surface area contributed by atoms with Crippen LogP contribution in [-0.4, -0.2) is 10.7 Å². The van der Waals surface area contributed by atoms with Crippen molar-refractivity contribution in [1.82, 2.24) is 4.98 Å². The van der Waals surface area contributed by atoms with Crippen LogP contribution in [0.1, 0.15) is 31.5 Å². The Bertz CT molecular complexity index is 597. The van der Waals surface area contributed by atoms with E-state index in [2.05, 4.69) is 62.3 Å². The third-order valence-electron chi connectivity index (χ3n) is 2.90. The van der Waals surface area contributed by atoms with Crippen molar-refractivity contribution in [3.63, 3.8) is 0 Å². The summed E-state index contributed by atoms with van der Waals surface area (Å²) in [6.45, 7) is 11.1. The topological polar surface area (TPSA) is 24.9 Å². The summed E-state index contributed by atoms with van der Waals surface area (Å²) in [5, 5.41) is 6.83. The van der Waals surface area contributed by atoms with Gasteiger partial charge in [0.25, 0.3) is 0 Å². The zero-order valence-corrected chi connectivity index (χ0v) is 14.5. The van der Waals surface area contributed by atoms with Crippen LogP contribution < -0.4 is 5.32 Å². The Morgan fingerprint density at radius 3 is 2.76 bits per heavy atom. The number of para-hydroxylation sites is 1. The fourth-order valence-electron chi connectivity index (χ4n) is 1.81. The fourth-order valence-corrected chi connectivity index (χ4v) is 3.48. The van der Waals surface area contributed by atoms with Gasteiger partial charge in [-0.2, -0.15) is 0 Å². The first-order valence-electron chi connectivity index (χ1n) is 7.02. The number of thiazole rings is 1. The van der Waals surface area contributed by atoms with Crippen molar-refractivity contribution in [3.05, 3.63) is 53.0 Å². The van der Waals surface area contributed by atoms with Gasteiger partial charge < -0.3 is 5.32 Å². The second-order valence-corrected chi connectivity index (χ2v) is 7.76. The van der Waals surface area contributed by atoms with E-state index in [0.29, 0.717) is 0 Å². The number of nitrogens with one attached hydrogen (secondary N) is 1. The smallest absolute Gasteiger partial charge is 0.0982 e. The molecule has 112 valence electrons. The maximum atomic E-state index is 4.72. The summed E-state index contributed by atoms with van der Waals surface area (Å²) in [4.78, 5) is 5.97. The van der Waals surface area contributed by atoms with Gasteiger partial charge in [0.2, 0.25) is 0 Å². The first-order valence-corrected chi connectivity index (χ1v) is 8.88. The van der Waals surface area contributed by atoms with Crippen molar-refractivity contribution < 1.29 is 0 Å². The molecule has 2 nitrogen and oxygen atoms in total. The van der Waals surface area contributed by atoms with Crippen LogP contribution in [0.5, 0.6) is 0 Å². The van der Waals surface area contributed by atoms with E-state index < -0.39 is 0 Å². The summed E-state index contributed by atoms with van der Waals surface area (Å²) in [5.41, 5.74) is 2.39. The summed E-state index contributed by atoms with van der Waals surface area (Å²) in [7, 11) is 0. The van der Waals surface area contributed by atoms with Gasteiger partial charge in [0, 0.05) is 27.1 Å². The highest BCUT2D eigenvalue weighted by Gasteiger charge is 2.17. The molecule has 1 aromatic heterocycles. The number of aromatic nitrogens is 1. The monoisotopic (exact) mass is 318 g/mol. The van der Waals surface area contributed by atoms with Gasteiger partial charge in [-0.15, -0.1) is 29.7 Å². The lowest BCUT2D eigenvalue weighted by atomic mass is 9.98. The third kappa shape index (κ3) is 4.61. The molecule has 0 radical (unpaired) electrons. The van der Waals surface area contributed by atoms with Gasteiger partial charge >= 0.3 is 0 Å². The molecule has 0 amide bonds. The van der Waals surface area contributed by atoms with Crippen molar-refractivity contribution in [2.75, 3.05) is 11.1 Å². The van der Waals surface area contributed by atoms with Crippen LogP contribution in [0.15, 0.2) is 47.2 Å². The van der Waals surface area contributed by atoms with Gasteiger partial charge in [0.05, 0.1) is 17.2 Å². The molecule has 2 aromatic rings. The minimum Gasteiger partial charge on any atom is -0.378 e. The molecule has 0 aliphatic carbocycles. The van der Waals surface area contributed by atoms with Crippen LogP contribution in [0, 0.1) is 0 Å². The van der Waals surface area contributed by atoms with E-state index in [1.807, 2.05) is 6.08 Å². The van der Waals surface area contributed by atoms with Crippen molar-refractivity contribution in [2.45, 2.75) is 37.6 Å². The number of hydrogen-bond donors (Lipinski definition) is 1. The molecule has 1 N–H and O–H groups in total. The number of rotatable bonds is 6. The van der Waals surface area contributed by atoms with E-state index in [4.69, 9.17) is 4.98 Å². The fraction of sp³-hybridized carbons (Fsp3) is 0.353. The second kappa shape index (κ2) is 7.14. The van der Waals surface area contributed by atoms with Gasteiger partial charge in [-0.25, -0.2) is 4.98 Å². The molecule has 0 aliphatic heterocycles. The normalized spacial score (nSPS) is 11.4. The summed E-state index contributed by atoms with van der Waals surface area (Å²) < 4.78 is 0. The first-order chi connectivity index (χ1) is 10.0. The highest BCUT2D eigenvalue weighted by molar-refractivity contribution is 7.99. The minimum atomic E-state index is 0.126. The maximum Gasteiger partial charge on any atom is 0.0982 e. The summed E-state index contributed by atoms with van der Waals surface area (Å²) >= 11 is 3.53. The lowest BCUT2D eigenvalue weighted by Crippen LogP contribution is -2.11. The molecule has 0 saturated carbocycles. The van der Waals surface area contributed by atoms with Gasteiger partial charge in [0.15, 0.2) is 0 Å².